The van der Waals surface area contributed by atoms with E-state index in [1.807, 2.05) is 25.1 Å². The van der Waals surface area contributed by atoms with Gasteiger partial charge < -0.3 is 10.1 Å². The lowest BCUT2D eigenvalue weighted by molar-refractivity contribution is -0.128. The molecule has 0 aliphatic rings. The summed E-state index contributed by atoms with van der Waals surface area (Å²) in [4.78, 5) is 12.6. The summed E-state index contributed by atoms with van der Waals surface area (Å²) in [6.45, 7) is 12.2. The molecule has 2 aromatic rings. The Kier molecular flexibility index (Phi) is 6.24. The molecule has 1 amide bonds. The first kappa shape index (κ1) is 19.0. The average molecular weight is 339 g/mol. The number of ether oxygens (including phenoxy) is 1. The molecule has 0 fully saturated rings. The lowest BCUT2D eigenvalue weighted by atomic mass is 9.99. The lowest BCUT2D eigenvalue weighted by Crippen LogP contribution is -2.38. The summed E-state index contributed by atoms with van der Waals surface area (Å²) in [5.74, 6) is 0.633. The second-order valence-corrected chi connectivity index (χ2v) is 6.82. The number of hydrogen-bond donors (Lipinski definition) is 1. The number of aryl methyl sites for hydroxylation is 4. The van der Waals surface area contributed by atoms with E-state index in [0.717, 1.165) is 23.3 Å². The van der Waals surface area contributed by atoms with Crippen LogP contribution in [0.2, 0.25) is 0 Å². The topological polar surface area (TPSA) is 38.3 Å². The molecule has 0 heterocycles. The van der Waals surface area contributed by atoms with Gasteiger partial charge >= 0.3 is 0 Å². The van der Waals surface area contributed by atoms with E-state index in [-0.39, 0.29) is 11.9 Å². The van der Waals surface area contributed by atoms with Crippen molar-refractivity contribution in [3.8, 4) is 5.75 Å². The molecule has 1 N–H and O–H groups in total. The third kappa shape index (κ3) is 4.85. The van der Waals surface area contributed by atoms with Gasteiger partial charge in [-0.3, -0.25) is 4.79 Å². The maximum atomic E-state index is 12.6. The molecule has 0 aromatic heterocycles. The van der Waals surface area contributed by atoms with Crippen LogP contribution >= 0.6 is 0 Å². The van der Waals surface area contributed by atoms with Gasteiger partial charge in [-0.05, 0) is 81.0 Å². The normalized spacial score (nSPS) is 13.2. The molecule has 0 saturated carbocycles. The highest BCUT2D eigenvalue weighted by Gasteiger charge is 2.19. The predicted molar refractivity (Wildman–Crippen MR) is 103 cm³/mol. The van der Waals surface area contributed by atoms with Crippen molar-refractivity contribution in [1.82, 2.24) is 5.32 Å². The molecule has 2 rings (SSSR count). The minimum Gasteiger partial charge on any atom is -0.481 e. The van der Waals surface area contributed by atoms with E-state index in [1.54, 1.807) is 6.92 Å². The highest BCUT2D eigenvalue weighted by Crippen LogP contribution is 2.21. The van der Waals surface area contributed by atoms with Crippen LogP contribution in [0.25, 0.3) is 0 Å². The van der Waals surface area contributed by atoms with Crippen molar-refractivity contribution in [2.45, 2.75) is 60.1 Å². The number of hydrogen-bond acceptors (Lipinski definition) is 2. The first-order chi connectivity index (χ1) is 11.8. The van der Waals surface area contributed by atoms with Gasteiger partial charge in [0.2, 0.25) is 0 Å². The average Bonchev–Trinajstić information content (AvgIpc) is 2.58. The molecule has 2 atom stereocenters. The van der Waals surface area contributed by atoms with Crippen LogP contribution < -0.4 is 10.1 Å². The summed E-state index contributed by atoms with van der Waals surface area (Å²) in [5, 5.41) is 3.11. The molecule has 3 heteroatoms. The maximum Gasteiger partial charge on any atom is 0.261 e. The van der Waals surface area contributed by atoms with E-state index in [4.69, 9.17) is 4.74 Å². The van der Waals surface area contributed by atoms with Crippen LogP contribution in [0.1, 0.15) is 54.1 Å². The number of benzene rings is 2. The molecular formula is C22H29NO2. The second kappa shape index (κ2) is 8.19. The molecule has 2 aromatic carbocycles. The Hall–Kier alpha value is -2.29. The summed E-state index contributed by atoms with van der Waals surface area (Å²) < 4.78 is 5.82. The number of carbonyl (C=O) groups is 1. The summed E-state index contributed by atoms with van der Waals surface area (Å²) >= 11 is 0. The van der Waals surface area contributed by atoms with E-state index in [2.05, 4.69) is 51.2 Å². The van der Waals surface area contributed by atoms with Crippen LogP contribution in [-0.4, -0.2) is 12.0 Å². The number of amides is 1. The molecule has 0 saturated heterocycles. The van der Waals surface area contributed by atoms with Crippen LogP contribution in [0.3, 0.4) is 0 Å². The highest BCUT2D eigenvalue weighted by molar-refractivity contribution is 5.81. The van der Waals surface area contributed by atoms with E-state index in [1.165, 1.54) is 16.7 Å². The van der Waals surface area contributed by atoms with Gasteiger partial charge in [0.05, 0.1) is 6.04 Å². The van der Waals surface area contributed by atoms with Crippen molar-refractivity contribution in [2.75, 3.05) is 0 Å². The largest absolute Gasteiger partial charge is 0.481 e. The van der Waals surface area contributed by atoms with Gasteiger partial charge in [0.25, 0.3) is 5.91 Å². The van der Waals surface area contributed by atoms with E-state index in [0.29, 0.717) is 0 Å². The SMILES string of the molecule is CC[C@H](NC(=O)[C@H](C)Oc1ccc(C)c(C)c1)c1ccc(C)c(C)c1. The first-order valence-electron chi connectivity index (χ1n) is 8.93. The van der Waals surface area contributed by atoms with Gasteiger partial charge in [-0.15, -0.1) is 0 Å². The molecule has 3 nitrogen and oxygen atoms in total. The van der Waals surface area contributed by atoms with Crippen LogP contribution in [0.5, 0.6) is 5.75 Å². The van der Waals surface area contributed by atoms with Crippen LogP contribution in [0.4, 0.5) is 0 Å². The van der Waals surface area contributed by atoms with Gasteiger partial charge in [0.1, 0.15) is 5.75 Å². The second-order valence-electron chi connectivity index (χ2n) is 6.82. The molecule has 134 valence electrons. The van der Waals surface area contributed by atoms with Gasteiger partial charge in [0.15, 0.2) is 6.10 Å². The fourth-order valence-electron chi connectivity index (χ4n) is 2.74. The predicted octanol–water partition coefficient (Wildman–Crippen LogP) is 4.96. The van der Waals surface area contributed by atoms with Crippen molar-refractivity contribution in [3.05, 3.63) is 64.2 Å². The number of carbonyl (C=O) groups excluding carboxylic acids is 1. The van der Waals surface area contributed by atoms with Gasteiger partial charge in [-0.2, -0.15) is 0 Å². The van der Waals surface area contributed by atoms with Crippen molar-refractivity contribution in [1.29, 1.82) is 0 Å². The molecule has 0 radical (unpaired) electrons. The Morgan fingerprint density at radius 1 is 0.960 bits per heavy atom. The van der Waals surface area contributed by atoms with Crippen molar-refractivity contribution in [2.24, 2.45) is 0 Å². The zero-order chi connectivity index (χ0) is 18.6. The zero-order valence-corrected chi connectivity index (χ0v) is 16.1. The summed E-state index contributed by atoms with van der Waals surface area (Å²) in [7, 11) is 0. The minimum absolute atomic E-state index is 0.00222. The first-order valence-corrected chi connectivity index (χ1v) is 8.93. The molecule has 0 aliphatic heterocycles. The monoisotopic (exact) mass is 339 g/mol. The summed E-state index contributed by atoms with van der Waals surface area (Å²) in [6.07, 6.45) is 0.299. The fraction of sp³-hybridized carbons (Fsp3) is 0.409. The van der Waals surface area contributed by atoms with Crippen LogP contribution in [-0.2, 0) is 4.79 Å². The van der Waals surface area contributed by atoms with Gasteiger partial charge in [0, 0.05) is 0 Å². The quantitative estimate of drug-likeness (QED) is 0.808. The van der Waals surface area contributed by atoms with Gasteiger partial charge in [-0.25, -0.2) is 0 Å². The van der Waals surface area contributed by atoms with Crippen LogP contribution in [0, 0.1) is 27.7 Å². The Labute approximate surface area is 151 Å². The molecular weight excluding hydrogens is 310 g/mol. The minimum atomic E-state index is -0.539. The molecule has 0 spiro atoms. The van der Waals surface area contributed by atoms with E-state index >= 15 is 0 Å². The van der Waals surface area contributed by atoms with E-state index in [9.17, 15) is 4.79 Å². The highest BCUT2D eigenvalue weighted by atomic mass is 16.5. The summed E-state index contributed by atoms with van der Waals surface area (Å²) in [6, 6.07) is 12.2. The number of nitrogens with one attached hydrogen (secondary N) is 1. The molecule has 25 heavy (non-hydrogen) atoms. The lowest BCUT2D eigenvalue weighted by Gasteiger charge is -2.22. The van der Waals surface area contributed by atoms with Crippen LogP contribution in [0.15, 0.2) is 36.4 Å². The maximum absolute atomic E-state index is 12.6. The molecule has 0 bridgehead atoms. The van der Waals surface area contributed by atoms with Crippen molar-refractivity contribution >= 4 is 5.91 Å². The Balaban J connectivity index is 2.05. The van der Waals surface area contributed by atoms with Crippen molar-refractivity contribution < 1.29 is 9.53 Å². The fourth-order valence-corrected chi connectivity index (χ4v) is 2.74. The smallest absolute Gasteiger partial charge is 0.261 e. The standard InChI is InChI=1S/C22H29NO2/c1-7-21(19-10-8-14(2)16(4)12-19)23-22(24)18(6)25-20-11-9-15(3)17(5)13-20/h8-13,18,21H,7H2,1-6H3,(H,23,24)/t18-,21-/m0/s1. The summed E-state index contributed by atoms with van der Waals surface area (Å²) in [5.41, 5.74) is 6.01. The third-order valence-corrected chi connectivity index (χ3v) is 4.82. The zero-order valence-electron chi connectivity index (χ0n) is 16.1. The molecule has 0 aliphatic carbocycles. The number of rotatable bonds is 6. The molecule has 0 unspecified atom stereocenters. The third-order valence-electron chi connectivity index (χ3n) is 4.82. The Morgan fingerprint density at radius 2 is 1.56 bits per heavy atom. The van der Waals surface area contributed by atoms with E-state index < -0.39 is 6.10 Å². The Bertz CT molecular complexity index is 752. The van der Waals surface area contributed by atoms with Crippen molar-refractivity contribution in [3.63, 3.8) is 0 Å². The Morgan fingerprint density at radius 3 is 2.12 bits per heavy atom. The van der Waals surface area contributed by atoms with Gasteiger partial charge in [-0.1, -0.05) is 31.2 Å².